The molecule has 0 aliphatic rings. The van der Waals surface area contributed by atoms with Crippen molar-refractivity contribution in [3.05, 3.63) is 41.5 Å². The number of benzene rings is 1. The minimum atomic E-state index is -0.391. The van der Waals surface area contributed by atoms with Crippen LogP contribution >= 0.6 is 0 Å². The number of carbonyl (C=O) groups is 2. The summed E-state index contributed by atoms with van der Waals surface area (Å²) in [7, 11) is 1.33. The van der Waals surface area contributed by atoms with E-state index in [1.165, 1.54) is 13.2 Å². The van der Waals surface area contributed by atoms with E-state index < -0.39 is 5.97 Å². The maximum absolute atomic E-state index is 11.2. The van der Waals surface area contributed by atoms with Gasteiger partial charge in [-0.3, -0.25) is 4.79 Å². The standard InChI is InChI=1S/C14H13NO3/c1-3-10-15-13(16)9-6-11-4-7-12(8-5-11)14(17)18-2/h1,4-9H,10H2,2H3,(H,15,16)/b9-6+. The van der Waals surface area contributed by atoms with Crippen LogP contribution in [-0.4, -0.2) is 25.5 Å². The number of ether oxygens (including phenoxy) is 1. The average molecular weight is 243 g/mol. The summed E-state index contributed by atoms with van der Waals surface area (Å²) in [5.41, 5.74) is 1.27. The summed E-state index contributed by atoms with van der Waals surface area (Å²) in [6, 6.07) is 6.70. The van der Waals surface area contributed by atoms with Crippen LogP contribution < -0.4 is 5.32 Å². The second kappa shape index (κ2) is 6.92. The number of rotatable bonds is 4. The van der Waals surface area contributed by atoms with Gasteiger partial charge in [-0.1, -0.05) is 18.1 Å². The number of amides is 1. The third-order valence-electron chi connectivity index (χ3n) is 2.12. The van der Waals surface area contributed by atoms with Crippen molar-refractivity contribution in [2.45, 2.75) is 0 Å². The Morgan fingerprint density at radius 3 is 2.61 bits per heavy atom. The van der Waals surface area contributed by atoms with E-state index in [1.807, 2.05) is 0 Å². The molecule has 0 bridgehead atoms. The smallest absolute Gasteiger partial charge is 0.337 e. The number of carbonyl (C=O) groups excluding carboxylic acids is 2. The first-order valence-electron chi connectivity index (χ1n) is 5.25. The molecule has 1 N–H and O–H groups in total. The predicted molar refractivity (Wildman–Crippen MR) is 68.7 cm³/mol. The summed E-state index contributed by atoms with van der Waals surface area (Å²) in [6.07, 6.45) is 8.02. The van der Waals surface area contributed by atoms with Crippen molar-refractivity contribution in [2.75, 3.05) is 13.7 Å². The van der Waals surface area contributed by atoms with E-state index in [0.717, 1.165) is 5.56 Å². The first kappa shape index (κ1) is 13.5. The molecule has 4 nitrogen and oxygen atoms in total. The number of terminal acetylenes is 1. The lowest BCUT2D eigenvalue weighted by Gasteiger charge is -1.99. The molecule has 1 rings (SSSR count). The lowest BCUT2D eigenvalue weighted by molar-refractivity contribution is -0.116. The molecule has 92 valence electrons. The molecule has 0 atom stereocenters. The Morgan fingerprint density at radius 2 is 2.06 bits per heavy atom. The fraction of sp³-hybridized carbons (Fsp3) is 0.143. The van der Waals surface area contributed by atoms with E-state index in [9.17, 15) is 9.59 Å². The van der Waals surface area contributed by atoms with Gasteiger partial charge in [-0.25, -0.2) is 4.79 Å². The molecule has 0 spiro atoms. The molecule has 0 aliphatic carbocycles. The van der Waals surface area contributed by atoms with Crippen molar-refractivity contribution in [2.24, 2.45) is 0 Å². The minimum Gasteiger partial charge on any atom is -0.465 e. The number of hydrogen-bond acceptors (Lipinski definition) is 3. The van der Waals surface area contributed by atoms with Crippen molar-refractivity contribution >= 4 is 18.0 Å². The Balaban J connectivity index is 2.64. The SMILES string of the molecule is C#CCNC(=O)/C=C/c1ccc(C(=O)OC)cc1. The molecule has 1 amide bonds. The van der Waals surface area contributed by atoms with Crippen LogP contribution in [-0.2, 0) is 9.53 Å². The monoisotopic (exact) mass is 243 g/mol. The number of methoxy groups -OCH3 is 1. The van der Waals surface area contributed by atoms with Crippen LogP contribution in [0, 0.1) is 12.3 Å². The quantitative estimate of drug-likeness (QED) is 0.491. The van der Waals surface area contributed by atoms with Crippen LogP contribution in [0.3, 0.4) is 0 Å². The van der Waals surface area contributed by atoms with E-state index >= 15 is 0 Å². The van der Waals surface area contributed by atoms with Gasteiger partial charge in [0.15, 0.2) is 0 Å². The highest BCUT2D eigenvalue weighted by atomic mass is 16.5. The third-order valence-corrected chi connectivity index (χ3v) is 2.12. The van der Waals surface area contributed by atoms with Gasteiger partial charge < -0.3 is 10.1 Å². The number of esters is 1. The molecular weight excluding hydrogens is 230 g/mol. The Hall–Kier alpha value is -2.54. The Kier molecular flexibility index (Phi) is 5.20. The summed E-state index contributed by atoms with van der Waals surface area (Å²) in [5.74, 6) is 1.66. The van der Waals surface area contributed by atoms with Crippen LogP contribution in [0.4, 0.5) is 0 Å². The summed E-state index contributed by atoms with van der Waals surface area (Å²) in [4.78, 5) is 22.4. The molecule has 18 heavy (non-hydrogen) atoms. The van der Waals surface area contributed by atoms with Crippen LogP contribution in [0.1, 0.15) is 15.9 Å². The first-order chi connectivity index (χ1) is 8.67. The van der Waals surface area contributed by atoms with Crippen LogP contribution in [0.5, 0.6) is 0 Å². The summed E-state index contributed by atoms with van der Waals surface area (Å²) in [5, 5.41) is 2.51. The molecule has 0 saturated heterocycles. The molecule has 0 radical (unpaired) electrons. The Morgan fingerprint density at radius 1 is 1.39 bits per heavy atom. The Bertz CT molecular complexity index is 495. The summed E-state index contributed by atoms with van der Waals surface area (Å²) < 4.78 is 4.58. The second-order valence-corrected chi connectivity index (χ2v) is 3.37. The lowest BCUT2D eigenvalue weighted by Crippen LogP contribution is -2.20. The second-order valence-electron chi connectivity index (χ2n) is 3.37. The zero-order valence-corrected chi connectivity index (χ0v) is 9.97. The molecule has 1 aromatic rings. The van der Waals surface area contributed by atoms with Gasteiger partial charge in [0, 0.05) is 6.08 Å². The topological polar surface area (TPSA) is 55.4 Å². The molecule has 0 unspecified atom stereocenters. The van der Waals surface area contributed by atoms with Crippen molar-refractivity contribution in [3.63, 3.8) is 0 Å². The molecule has 0 aromatic heterocycles. The maximum Gasteiger partial charge on any atom is 0.337 e. The summed E-state index contributed by atoms with van der Waals surface area (Å²) >= 11 is 0. The fourth-order valence-electron chi connectivity index (χ4n) is 1.22. The van der Waals surface area contributed by atoms with E-state index in [2.05, 4.69) is 16.0 Å². The third kappa shape index (κ3) is 4.14. The molecule has 4 heteroatoms. The number of hydrogen-bond donors (Lipinski definition) is 1. The fourth-order valence-corrected chi connectivity index (χ4v) is 1.22. The van der Waals surface area contributed by atoms with Crippen molar-refractivity contribution in [1.29, 1.82) is 0 Å². The minimum absolute atomic E-state index is 0.199. The van der Waals surface area contributed by atoms with Gasteiger partial charge in [0.25, 0.3) is 0 Å². The van der Waals surface area contributed by atoms with Crippen molar-refractivity contribution < 1.29 is 14.3 Å². The van der Waals surface area contributed by atoms with Gasteiger partial charge in [0.05, 0.1) is 19.2 Å². The van der Waals surface area contributed by atoms with Gasteiger partial charge in [-0.2, -0.15) is 0 Å². The van der Waals surface area contributed by atoms with Gasteiger partial charge in [0.1, 0.15) is 0 Å². The molecular formula is C14H13NO3. The zero-order chi connectivity index (χ0) is 13.4. The van der Waals surface area contributed by atoms with E-state index in [-0.39, 0.29) is 12.5 Å². The molecule has 1 aromatic carbocycles. The summed E-state index contributed by atoms with van der Waals surface area (Å²) in [6.45, 7) is 0.199. The molecule has 0 saturated carbocycles. The van der Waals surface area contributed by atoms with Crippen molar-refractivity contribution in [1.82, 2.24) is 5.32 Å². The molecule has 0 aliphatic heterocycles. The first-order valence-corrected chi connectivity index (χ1v) is 5.25. The zero-order valence-electron chi connectivity index (χ0n) is 9.97. The van der Waals surface area contributed by atoms with E-state index in [4.69, 9.17) is 6.42 Å². The Labute approximate surface area is 106 Å². The highest BCUT2D eigenvalue weighted by Gasteiger charge is 2.03. The highest BCUT2D eigenvalue weighted by Crippen LogP contribution is 2.07. The lowest BCUT2D eigenvalue weighted by atomic mass is 10.1. The van der Waals surface area contributed by atoms with Crippen LogP contribution in [0.2, 0.25) is 0 Å². The van der Waals surface area contributed by atoms with E-state index in [0.29, 0.717) is 5.56 Å². The molecule has 0 fully saturated rings. The predicted octanol–water partition coefficient (Wildman–Crippen LogP) is 1.24. The number of nitrogens with one attached hydrogen (secondary N) is 1. The van der Waals surface area contributed by atoms with Gasteiger partial charge >= 0.3 is 5.97 Å². The van der Waals surface area contributed by atoms with E-state index in [1.54, 1.807) is 30.3 Å². The average Bonchev–Trinajstić information content (AvgIpc) is 2.42. The van der Waals surface area contributed by atoms with Gasteiger partial charge in [0.2, 0.25) is 5.91 Å². The van der Waals surface area contributed by atoms with Gasteiger partial charge in [-0.05, 0) is 23.8 Å². The highest BCUT2D eigenvalue weighted by molar-refractivity contribution is 5.92. The molecule has 0 heterocycles. The normalized spacial score (nSPS) is 9.78. The largest absolute Gasteiger partial charge is 0.465 e. The van der Waals surface area contributed by atoms with Gasteiger partial charge in [-0.15, -0.1) is 6.42 Å². The van der Waals surface area contributed by atoms with Crippen molar-refractivity contribution in [3.8, 4) is 12.3 Å². The maximum atomic E-state index is 11.2. The van der Waals surface area contributed by atoms with Crippen LogP contribution in [0.25, 0.3) is 6.08 Å². The van der Waals surface area contributed by atoms with Crippen LogP contribution in [0.15, 0.2) is 30.3 Å².